The lowest BCUT2D eigenvalue weighted by Gasteiger charge is -2.34. The highest BCUT2D eigenvalue weighted by atomic mass is 127. The molecule has 1 aliphatic rings. The van der Waals surface area contributed by atoms with E-state index in [-0.39, 0.29) is 24.0 Å². The normalized spacial score (nSPS) is 15.5. The topological polar surface area (TPSA) is 61.8 Å². The first kappa shape index (κ1) is 24.7. The number of nitrogens with zero attached hydrogens (tertiary/aromatic N) is 2. The highest BCUT2D eigenvalue weighted by Gasteiger charge is 2.21. The molecule has 3 rings (SSSR count). The van der Waals surface area contributed by atoms with Gasteiger partial charge in [-0.25, -0.2) is 13.4 Å². The van der Waals surface area contributed by atoms with Gasteiger partial charge < -0.3 is 10.2 Å². The fourth-order valence-corrected chi connectivity index (χ4v) is 4.36. The zero-order valence-electron chi connectivity index (χ0n) is 17.8. The fraction of sp³-hybridized carbons (Fsp3) is 0.435. The molecule has 0 atom stereocenters. The second kappa shape index (κ2) is 11.7. The van der Waals surface area contributed by atoms with Crippen molar-refractivity contribution in [2.75, 3.05) is 25.9 Å². The van der Waals surface area contributed by atoms with E-state index in [4.69, 9.17) is 4.99 Å². The van der Waals surface area contributed by atoms with E-state index >= 15 is 0 Å². The number of likely N-dealkylation sites (tertiary alicyclic amines) is 1. The number of sulfone groups is 1. The van der Waals surface area contributed by atoms with Gasteiger partial charge in [0.15, 0.2) is 15.8 Å². The lowest BCUT2D eigenvalue weighted by Crippen LogP contribution is -2.45. The van der Waals surface area contributed by atoms with Crippen LogP contribution in [0.5, 0.6) is 0 Å². The van der Waals surface area contributed by atoms with Gasteiger partial charge >= 0.3 is 0 Å². The third-order valence-electron chi connectivity index (χ3n) is 5.38. The molecule has 2 aromatic carbocycles. The van der Waals surface area contributed by atoms with Crippen LogP contribution in [-0.4, -0.2) is 45.2 Å². The molecule has 0 unspecified atom stereocenters. The van der Waals surface area contributed by atoms with Crippen molar-refractivity contribution in [3.05, 3.63) is 65.7 Å². The van der Waals surface area contributed by atoms with Crippen LogP contribution in [0.15, 0.2) is 64.5 Å². The van der Waals surface area contributed by atoms with Gasteiger partial charge in [0.25, 0.3) is 0 Å². The second-order valence-electron chi connectivity index (χ2n) is 7.71. The molecule has 1 fully saturated rings. The van der Waals surface area contributed by atoms with Crippen LogP contribution in [0.25, 0.3) is 0 Å². The van der Waals surface area contributed by atoms with Crippen molar-refractivity contribution in [2.24, 2.45) is 10.9 Å². The third kappa shape index (κ3) is 7.27. The van der Waals surface area contributed by atoms with E-state index in [9.17, 15) is 8.42 Å². The van der Waals surface area contributed by atoms with Crippen LogP contribution in [0, 0.1) is 5.92 Å². The Kier molecular flexibility index (Phi) is 9.61. The molecule has 0 aliphatic carbocycles. The number of hydrogen-bond acceptors (Lipinski definition) is 3. The maximum absolute atomic E-state index is 11.6. The Hall–Kier alpha value is -1.61. The SMILES string of the molecule is CCNC(=NCc1ccc(S(C)(=O)=O)cc1)N1CCC(Cc2ccccc2)CC1.I. The molecule has 0 spiro atoms. The first-order valence-electron chi connectivity index (χ1n) is 10.3. The largest absolute Gasteiger partial charge is 0.357 e. The molecule has 2 aromatic rings. The summed E-state index contributed by atoms with van der Waals surface area (Å²) in [5.41, 5.74) is 2.43. The van der Waals surface area contributed by atoms with Crippen LogP contribution < -0.4 is 5.32 Å². The van der Waals surface area contributed by atoms with Gasteiger partial charge in [0.1, 0.15) is 0 Å². The predicted octanol–water partition coefficient (Wildman–Crippen LogP) is 4.13. The summed E-state index contributed by atoms with van der Waals surface area (Å²) in [5.74, 6) is 1.66. The molecule has 1 N–H and O–H groups in total. The van der Waals surface area contributed by atoms with Gasteiger partial charge in [-0.2, -0.15) is 0 Å². The molecule has 0 saturated carbocycles. The second-order valence-corrected chi connectivity index (χ2v) is 9.72. The average Bonchev–Trinajstić information content (AvgIpc) is 2.72. The number of rotatable bonds is 6. The van der Waals surface area contributed by atoms with Gasteiger partial charge in [-0.15, -0.1) is 24.0 Å². The standard InChI is InChI=1S/C23H31N3O2S.HI/c1-3-24-23(25-18-21-9-11-22(12-10-21)29(2,27)28)26-15-13-20(14-16-26)17-19-7-5-4-6-8-19;/h4-12,20H,3,13-18H2,1-2H3,(H,24,25);1H. The Morgan fingerprint density at radius 2 is 1.67 bits per heavy atom. The number of benzene rings is 2. The average molecular weight is 541 g/mol. The summed E-state index contributed by atoms with van der Waals surface area (Å²) < 4.78 is 23.2. The zero-order valence-corrected chi connectivity index (χ0v) is 20.9. The van der Waals surface area contributed by atoms with Crippen LogP contribution in [-0.2, 0) is 22.8 Å². The summed E-state index contributed by atoms with van der Waals surface area (Å²) in [6.07, 6.45) is 4.71. The summed E-state index contributed by atoms with van der Waals surface area (Å²) in [7, 11) is -3.16. The van der Waals surface area contributed by atoms with E-state index < -0.39 is 9.84 Å². The number of piperidine rings is 1. The molecular weight excluding hydrogens is 509 g/mol. The number of nitrogens with one attached hydrogen (secondary N) is 1. The van der Waals surface area contributed by atoms with Crippen molar-refractivity contribution in [2.45, 2.75) is 37.6 Å². The quantitative estimate of drug-likeness (QED) is 0.340. The van der Waals surface area contributed by atoms with Crippen LogP contribution in [0.2, 0.25) is 0 Å². The molecule has 0 amide bonds. The van der Waals surface area contributed by atoms with E-state index in [1.807, 2.05) is 12.1 Å². The minimum Gasteiger partial charge on any atom is -0.357 e. The smallest absolute Gasteiger partial charge is 0.194 e. The molecule has 7 heteroatoms. The molecule has 30 heavy (non-hydrogen) atoms. The van der Waals surface area contributed by atoms with Crippen LogP contribution in [0.1, 0.15) is 30.9 Å². The molecule has 0 radical (unpaired) electrons. The lowest BCUT2D eigenvalue weighted by atomic mass is 9.90. The summed E-state index contributed by atoms with van der Waals surface area (Å²) in [4.78, 5) is 7.48. The molecule has 1 aliphatic heterocycles. The van der Waals surface area contributed by atoms with Gasteiger partial charge in [0.2, 0.25) is 0 Å². The van der Waals surface area contributed by atoms with E-state index in [0.29, 0.717) is 11.4 Å². The Morgan fingerprint density at radius 1 is 1.03 bits per heavy atom. The zero-order chi connectivity index (χ0) is 20.7. The highest BCUT2D eigenvalue weighted by Crippen LogP contribution is 2.22. The Bertz CT molecular complexity index is 907. The van der Waals surface area contributed by atoms with Crippen molar-refractivity contribution in [3.8, 4) is 0 Å². The van der Waals surface area contributed by atoms with Crippen LogP contribution in [0.4, 0.5) is 0 Å². The first-order chi connectivity index (χ1) is 14.0. The highest BCUT2D eigenvalue weighted by molar-refractivity contribution is 14.0. The summed E-state index contributed by atoms with van der Waals surface area (Å²) >= 11 is 0. The molecule has 1 heterocycles. The molecular formula is C23H32IN3O2S. The van der Waals surface area contributed by atoms with Crippen molar-refractivity contribution in [3.63, 3.8) is 0 Å². The minimum atomic E-state index is -3.16. The van der Waals surface area contributed by atoms with E-state index in [2.05, 4.69) is 47.5 Å². The molecule has 0 bridgehead atoms. The Labute approximate surface area is 197 Å². The molecule has 164 valence electrons. The summed E-state index contributed by atoms with van der Waals surface area (Å²) in [6.45, 7) is 5.47. The van der Waals surface area contributed by atoms with E-state index in [1.54, 1.807) is 12.1 Å². The van der Waals surface area contributed by atoms with Gasteiger partial charge in [0, 0.05) is 25.9 Å². The van der Waals surface area contributed by atoms with Crippen molar-refractivity contribution < 1.29 is 8.42 Å². The Balaban J connectivity index is 0.00000320. The minimum absolute atomic E-state index is 0. The van der Waals surface area contributed by atoms with Crippen LogP contribution >= 0.6 is 24.0 Å². The van der Waals surface area contributed by atoms with E-state index in [1.165, 1.54) is 24.7 Å². The number of aliphatic imine (C=N–C) groups is 1. The summed E-state index contributed by atoms with van der Waals surface area (Å²) in [5, 5.41) is 3.40. The fourth-order valence-electron chi connectivity index (χ4n) is 3.73. The molecule has 0 aromatic heterocycles. The van der Waals surface area contributed by atoms with E-state index in [0.717, 1.165) is 43.5 Å². The van der Waals surface area contributed by atoms with Crippen molar-refractivity contribution >= 4 is 39.8 Å². The van der Waals surface area contributed by atoms with Gasteiger partial charge in [-0.05, 0) is 55.4 Å². The number of halogens is 1. The summed E-state index contributed by atoms with van der Waals surface area (Å²) in [6, 6.07) is 17.7. The maximum Gasteiger partial charge on any atom is 0.194 e. The molecule has 5 nitrogen and oxygen atoms in total. The first-order valence-corrected chi connectivity index (χ1v) is 12.2. The Morgan fingerprint density at radius 3 is 2.23 bits per heavy atom. The lowest BCUT2D eigenvalue weighted by molar-refractivity contribution is 0.259. The number of hydrogen-bond donors (Lipinski definition) is 1. The third-order valence-corrected chi connectivity index (χ3v) is 6.51. The molecule has 1 saturated heterocycles. The van der Waals surface area contributed by atoms with Gasteiger partial charge in [0.05, 0.1) is 11.4 Å². The van der Waals surface area contributed by atoms with Crippen LogP contribution in [0.3, 0.4) is 0 Å². The number of guanidine groups is 1. The van der Waals surface area contributed by atoms with Crippen molar-refractivity contribution in [1.82, 2.24) is 10.2 Å². The predicted molar refractivity (Wildman–Crippen MR) is 134 cm³/mol. The van der Waals surface area contributed by atoms with Gasteiger partial charge in [-0.1, -0.05) is 42.5 Å². The van der Waals surface area contributed by atoms with Crippen molar-refractivity contribution in [1.29, 1.82) is 0 Å². The maximum atomic E-state index is 11.6. The van der Waals surface area contributed by atoms with Gasteiger partial charge in [-0.3, -0.25) is 0 Å². The monoisotopic (exact) mass is 541 g/mol.